The Morgan fingerprint density at radius 2 is 2.20 bits per heavy atom. The van der Waals surface area contributed by atoms with Gasteiger partial charge in [0, 0.05) is 0 Å². The summed E-state index contributed by atoms with van der Waals surface area (Å²) in [6.45, 7) is 4.40. The van der Waals surface area contributed by atoms with Crippen LogP contribution >= 0.6 is 0 Å². The first-order valence-electron chi connectivity index (χ1n) is 3.88. The Bertz CT molecular complexity index is 182. The fourth-order valence-corrected chi connectivity index (χ4v) is 1.10. The van der Waals surface area contributed by atoms with Gasteiger partial charge in [-0.1, -0.05) is 49.8 Å². The Balaban J connectivity index is 2.74. The van der Waals surface area contributed by atoms with E-state index in [2.05, 4.69) is 44.2 Å². The van der Waals surface area contributed by atoms with Crippen molar-refractivity contribution in [1.82, 2.24) is 0 Å². The van der Waals surface area contributed by atoms with E-state index in [0.717, 1.165) is 6.42 Å². The lowest BCUT2D eigenvalue weighted by Crippen LogP contribution is -1.83. The summed E-state index contributed by atoms with van der Waals surface area (Å²) >= 11 is 0. The molecular weight excluding hydrogens is 120 g/mol. The topological polar surface area (TPSA) is 0 Å². The summed E-state index contributed by atoms with van der Waals surface area (Å²) < 4.78 is 0. The van der Waals surface area contributed by atoms with E-state index in [4.69, 9.17) is 0 Å². The molecule has 0 aromatic rings. The van der Waals surface area contributed by atoms with Gasteiger partial charge in [-0.2, -0.15) is 0 Å². The van der Waals surface area contributed by atoms with E-state index in [9.17, 15) is 0 Å². The predicted molar refractivity (Wildman–Crippen MR) is 45.8 cm³/mol. The van der Waals surface area contributed by atoms with Crippen LogP contribution in [0.1, 0.15) is 20.3 Å². The number of hydrogen-bond acceptors (Lipinski definition) is 0. The SMILES string of the molecule is CCC1=CC(C)C=CC=C1. The summed E-state index contributed by atoms with van der Waals surface area (Å²) in [5, 5.41) is 0. The molecule has 0 aromatic heterocycles. The molecule has 1 atom stereocenters. The van der Waals surface area contributed by atoms with Gasteiger partial charge in [-0.25, -0.2) is 0 Å². The van der Waals surface area contributed by atoms with Crippen molar-refractivity contribution in [3.05, 3.63) is 36.0 Å². The molecule has 0 nitrogen and oxygen atoms in total. The molecule has 1 rings (SSSR count). The average Bonchev–Trinajstić information content (AvgIpc) is 2.13. The third-order valence-corrected chi connectivity index (χ3v) is 1.72. The Hall–Kier alpha value is -0.780. The first-order valence-corrected chi connectivity index (χ1v) is 3.88. The van der Waals surface area contributed by atoms with Crippen LogP contribution in [-0.2, 0) is 0 Å². The van der Waals surface area contributed by atoms with Gasteiger partial charge in [0.25, 0.3) is 0 Å². The van der Waals surface area contributed by atoms with Gasteiger partial charge < -0.3 is 0 Å². The zero-order valence-electron chi connectivity index (χ0n) is 6.67. The second-order valence-electron chi connectivity index (χ2n) is 2.70. The van der Waals surface area contributed by atoms with Crippen molar-refractivity contribution >= 4 is 0 Å². The molecule has 0 saturated heterocycles. The first kappa shape index (κ1) is 7.33. The lowest BCUT2D eigenvalue weighted by atomic mass is 10.1. The molecule has 1 unspecified atom stereocenters. The summed E-state index contributed by atoms with van der Waals surface area (Å²) in [5.41, 5.74) is 1.44. The van der Waals surface area contributed by atoms with Crippen molar-refractivity contribution < 1.29 is 0 Å². The zero-order chi connectivity index (χ0) is 7.40. The molecule has 1 aliphatic carbocycles. The molecule has 0 saturated carbocycles. The minimum atomic E-state index is 0.602. The van der Waals surface area contributed by atoms with Gasteiger partial charge in [0.2, 0.25) is 0 Å². The molecule has 0 amide bonds. The molecular formula is C10H14. The maximum atomic E-state index is 2.31. The van der Waals surface area contributed by atoms with E-state index >= 15 is 0 Å². The average molecular weight is 134 g/mol. The molecule has 0 fully saturated rings. The van der Waals surface area contributed by atoms with Crippen LogP contribution < -0.4 is 0 Å². The van der Waals surface area contributed by atoms with Gasteiger partial charge in [-0.05, 0) is 12.3 Å². The van der Waals surface area contributed by atoms with Gasteiger partial charge in [0.05, 0.1) is 0 Å². The minimum Gasteiger partial charge on any atom is -0.0779 e. The third-order valence-electron chi connectivity index (χ3n) is 1.72. The predicted octanol–water partition coefficient (Wildman–Crippen LogP) is 3.08. The maximum Gasteiger partial charge on any atom is -0.00729 e. The van der Waals surface area contributed by atoms with Crippen molar-refractivity contribution in [2.75, 3.05) is 0 Å². The monoisotopic (exact) mass is 134 g/mol. The maximum absolute atomic E-state index is 2.31. The van der Waals surface area contributed by atoms with E-state index in [1.807, 2.05) is 0 Å². The largest absolute Gasteiger partial charge is 0.0779 e. The summed E-state index contributed by atoms with van der Waals surface area (Å²) in [4.78, 5) is 0. The standard InChI is InChI=1S/C10H14/c1-3-10-7-5-4-6-9(2)8-10/h4-9H,3H2,1-2H3. The van der Waals surface area contributed by atoms with Gasteiger partial charge in [0.15, 0.2) is 0 Å². The van der Waals surface area contributed by atoms with Gasteiger partial charge in [0.1, 0.15) is 0 Å². The zero-order valence-corrected chi connectivity index (χ0v) is 6.67. The number of rotatable bonds is 1. The molecule has 54 valence electrons. The number of allylic oxidation sites excluding steroid dienone is 6. The van der Waals surface area contributed by atoms with Gasteiger partial charge in [-0.15, -0.1) is 0 Å². The Labute approximate surface area is 62.9 Å². The lowest BCUT2D eigenvalue weighted by molar-refractivity contribution is 0.921. The first-order chi connectivity index (χ1) is 4.83. The molecule has 1 aliphatic rings. The molecule has 0 heterocycles. The van der Waals surface area contributed by atoms with Crippen LogP contribution in [-0.4, -0.2) is 0 Å². The van der Waals surface area contributed by atoms with E-state index < -0.39 is 0 Å². The van der Waals surface area contributed by atoms with E-state index in [1.165, 1.54) is 5.57 Å². The second-order valence-corrected chi connectivity index (χ2v) is 2.70. The van der Waals surface area contributed by atoms with Crippen molar-refractivity contribution in [3.8, 4) is 0 Å². The van der Waals surface area contributed by atoms with E-state index in [1.54, 1.807) is 0 Å². The quantitative estimate of drug-likeness (QED) is 0.517. The van der Waals surface area contributed by atoms with Crippen LogP contribution in [0.2, 0.25) is 0 Å². The molecule has 0 aromatic carbocycles. The molecule has 0 spiro atoms. The Morgan fingerprint density at radius 3 is 2.90 bits per heavy atom. The van der Waals surface area contributed by atoms with Gasteiger partial charge >= 0.3 is 0 Å². The van der Waals surface area contributed by atoms with Crippen LogP contribution in [0.3, 0.4) is 0 Å². The molecule has 0 bridgehead atoms. The molecule has 0 heteroatoms. The fraction of sp³-hybridized carbons (Fsp3) is 0.400. The smallest absolute Gasteiger partial charge is 0.00729 e. The summed E-state index contributed by atoms with van der Waals surface area (Å²) in [7, 11) is 0. The van der Waals surface area contributed by atoms with Crippen LogP contribution in [0.4, 0.5) is 0 Å². The molecule has 0 aliphatic heterocycles. The fourth-order valence-electron chi connectivity index (χ4n) is 1.10. The van der Waals surface area contributed by atoms with Crippen molar-refractivity contribution in [2.24, 2.45) is 5.92 Å². The Kier molecular flexibility index (Phi) is 2.49. The van der Waals surface area contributed by atoms with Crippen molar-refractivity contribution in [2.45, 2.75) is 20.3 Å². The summed E-state index contributed by atoms with van der Waals surface area (Å²) in [6.07, 6.45) is 12.1. The van der Waals surface area contributed by atoms with Gasteiger partial charge in [-0.3, -0.25) is 0 Å². The van der Waals surface area contributed by atoms with Crippen molar-refractivity contribution in [1.29, 1.82) is 0 Å². The highest BCUT2D eigenvalue weighted by molar-refractivity contribution is 5.27. The van der Waals surface area contributed by atoms with Crippen LogP contribution in [0, 0.1) is 5.92 Å². The van der Waals surface area contributed by atoms with Crippen molar-refractivity contribution in [3.63, 3.8) is 0 Å². The highest BCUT2D eigenvalue weighted by atomic mass is 14.0. The minimum absolute atomic E-state index is 0.602. The Morgan fingerprint density at radius 1 is 1.40 bits per heavy atom. The molecule has 0 N–H and O–H groups in total. The van der Waals surface area contributed by atoms with Crippen LogP contribution in [0.15, 0.2) is 36.0 Å². The highest BCUT2D eigenvalue weighted by Gasteiger charge is 1.95. The second kappa shape index (κ2) is 3.40. The van der Waals surface area contributed by atoms with E-state index in [0.29, 0.717) is 5.92 Å². The van der Waals surface area contributed by atoms with E-state index in [-0.39, 0.29) is 0 Å². The van der Waals surface area contributed by atoms with Crippen LogP contribution in [0.5, 0.6) is 0 Å². The summed E-state index contributed by atoms with van der Waals surface area (Å²) in [5.74, 6) is 0.602. The molecule has 0 radical (unpaired) electrons. The summed E-state index contributed by atoms with van der Waals surface area (Å²) in [6, 6.07) is 0. The number of hydrogen-bond donors (Lipinski definition) is 0. The third kappa shape index (κ3) is 1.87. The highest BCUT2D eigenvalue weighted by Crippen LogP contribution is 2.12. The normalized spacial score (nSPS) is 24.2. The lowest BCUT2D eigenvalue weighted by Gasteiger charge is -1.98. The van der Waals surface area contributed by atoms with Crippen LogP contribution in [0.25, 0.3) is 0 Å². The molecule has 10 heavy (non-hydrogen) atoms.